The van der Waals surface area contributed by atoms with Gasteiger partial charge in [0.05, 0.1) is 0 Å². The van der Waals surface area contributed by atoms with Gasteiger partial charge in [-0.3, -0.25) is 4.90 Å². The Bertz CT molecular complexity index is 1020. The first-order valence-electron chi connectivity index (χ1n) is 10.4. The predicted molar refractivity (Wildman–Crippen MR) is 121 cm³/mol. The number of aliphatic hydroxyl groups is 1. The maximum atomic E-state index is 10.5. The largest absolute Gasteiger partial charge is 0.487 e. The normalized spacial score (nSPS) is 15.6. The molecule has 0 radical (unpaired) electrons. The molecule has 0 bridgehead atoms. The third-order valence-corrected chi connectivity index (χ3v) is 5.34. The Morgan fingerprint density at radius 3 is 2.70 bits per heavy atom. The Kier molecular flexibility index (Phi) is 6.52. The summed E-state index contributed by atoms with van der Waals surface area (Å²) in [4.78, 5) is 5.54. The van der Waals surface area contributed by atoms with E-state index in [-0.39, 0.29) is 6.61 Å². The molecule has 30 heavy (non-hydrogen) atoms. The van der Waals surface area contributed by atoms with Crippen LogP contribution in [0.3, 0.4) is 0 Å². The van der Waals surface area contributed by atoms with Gasteiger partial charge in [-0.1, -0.05) is 43.0 Å². The van der Waals surface area contributed by atoms with Gasteiger partial charge in [-0.25, -0.2) is 0 Å². The lowest BCUT2D eigenvalue weighted by atomic mass is 9.96. The molecule has 156 valence electrons. The van der Waals surface area contributed by atoms with E-state index in [1.54, 1.807) is 6.08 Å². The molecule has 0 saturated heterocycles. The first-order chi connectivity index (χ1) is 14.7. The number of aromatic amines is 1. The van der Waals surface area contributed by atoms with Crippen molar-refractivity contribution in [1.29, 1.82) is 0 Å². The first-order valence-corrected chi connectivity index (χ1v) is 10.4. The predicted octanol–water partition coefficient (Wildman–Crippen LogP) is 4.26. The Morgan fingerprint density at radius 2 is 1.93 bits per heavy atom. The van der Waals surface area contributed by atoms with Crippen molar-refractivity contribution in [3.05, 3.63) is 79.0 Å². The number of rotatable bonds is 9. The molecule has 1 aliphatic heterocycles. The Hall–Kier alpha value is -3.02. The summed E-state index contributed by atoms with van der Waals surface area (Å²) in [6.45, 7) is 6.63. The molecule has 0 amide bonds. The average molecular weight is 405 g/mol. The molecule has 3 aromatic rings. The summed E-state index contributed by atoms with van der Waals surface area (Å²) < 4.78 is 11.4. The van der Waals surface area contributed by atoms with Gasteiger partial charge in [-0.2, -0.15) is 0 Å². The fourth-order valence-corrected chi connectivity index (χ4v) is 3.86. The van der Waals surface area contributed by atoms with Crippen LogP contribution < -0.4 is 9.47 Å². The topological polar surface area (TPSA) is 57.7 Å². The van der Waals surface area contributed by atoms with Crippen LogP contribution in [-0.2, 0) is 0 Å². The summed E-state index contributed by atoms with van der Waals surface area (Å²) in [6, 6.07) is 16.0. The number of para-hydroxylation sites is 2. The molecule has 5 heteroatoms. The van der Waals surface area contributed by atoms with Gasteiger partial charge in [0.1, 0.15) is 19.3 Å². The number of nitrogens with one attached hydrogen (secondary N) is 1. The first kappa shape index (κ1) is 20.3. The standard InChI is InChI=1S/C25H28N2O3/c1-2-16-29-24-8-3-4-9-25(24)30-18-20(28)17-27-14-11-19(12-15-27)21-6-5-7-23-22(21)10-13-26-23/h2-11,13,20,26,28H,1,12,14-18H2. The number of β-amino-alcohol motifs (C(OH)–C–C–N with tert-alkyl or cyclic N) is 1. The van der Waals surface area contributed by atoms with E-state index in [1.165, 1.54) is 22.0 Å². The fourth-order valence-electron chi connectivity index (χ4n) is 3.86. The van der Waals surface area contributed by atoms with Gasteiger partial charge < -0.3 is 19.6 Å². The molecule has 0 saturated carbocycles. The van der Waals surface area contributed by atoms with Crippen LogP contribution in [0.25, 0.3) is 16.5 Å². The van der Waals surface area contributed by atoms with Crippen molar-refractivity contribution < 1.29 is 14.6 Å². The third-order valence-electron chi connectivity index (χ3n) is 5.34. The molecule has 0 fully saturated rings. The molecule has 0 aliphatic carbocycles. The monoisotopic (exact) mass is 404 g/mol. The molecule has 1 unspecified atom stereocenters. The molecule has 5 nitrogen and oxygen atoms in total. The minimum atomic E-state index is -0.569. The van der Waals surface area contributed by atoms with Crippen molar-refractivity contribution in [2.45, 2.75) is 12.5 Å². The molecule has 2 N–H and O–H groups in total. The minimum Gasteiger partial charge on any atom is -0.487 e. The summed E-state index contributed by atoms with van der Waals surface area (Å²) in [5, 5.41) is 11.7. The third kappa shape index (κ3) is 4.75. The molecule has 1 aromatic heterocycles. The SMILES string of the molecule is C=CCOc1ccccc1OCC(O)CN1CC=C(c2cccc3[nH]ccc23)CC1. The lowest BCUT2D eigenvalue weighted by molar-refractivity contribution is 0.0704. The number of aromatic nitrogens is 1. The van der Waals surface area contributed by atoms with Crippen LogP contribution in [0.5, 0.6) is 11.5 Å². The summed E-state index contributed by atoms with van der Waals surface area (Å²) in [6.07, 6.45) is 6.36. The van der Waals surface area contributed by atoms with Crippen molar-refractivity contribution in [3.8, 4) is 11.5 Å². The van der Waals surface area contributed by atoms with E-state index < -0.39 is 6.10 Å². The number of ether oxygens (including phenoxy) is 2. The zero-order chi connectivity index (χ0) is 20.8. The van der Waals surface area contributed by atoms with Gasteiger partial charge in [0.25, 0.3) is 0 Å². The molecular formula is C25H28N2O3. The lowest BCUT2D eigenvalue weighted by Crippen LogP contribution is -2.38. The van der Waals surface area contributed by atoms with Crippen molar-refractivity contribution in [1.82, 2.24) is 9.88 Å². The maximum Gasteiger partial charge on any atom is 0.161 e. The summed E-state index contributed by atoms with van der Waals surface area (Å²) in [7, 11) is 0. The van der Waals surface area contributed by atoms with Crippen LogP contribution in [0, 0.1) is 0 Å². The molecule has 1 aliphatic rings. The minimum absolute atomic E-state index is 0.226. The Balaban J connectivity index is 1.31. The number of hydrogen-bond acceptors (Lipinski definition) is 4. The van der Waals surface area contributed by atoms with Gasteiger partial charge in [-0.05, 0) is 41.8 Å². The van der Waals surface area contributed by atoms with Crippen molar-refractivity contribution >= 4 is 16.5 Å². The number of H-pyrrole nitrogens is 1. The Labute approximate surface area is 177 Å². The van der Waals surface area contributed by atoms with E-state index in [0.717, 1.165) is 19.5 Å². The van der Waals surface area contributed by atoms with Crippen LogP contribution in [0.1, 0.15) is 12.0 Å². The average Bonchev–Trinajstić information content (AvgIpc) is 3.26. The second-order valence-corrected chi connectivity index (χ2v) is 7.49. The summed E-state index contributed by atoms with van der Waals surface area (Å²) >= 11 is 0. The van der Waals surface area contributed by atoms with Crippen molar-refractivity contribution in [2.24, 2.45) is 0 Å². The van der Waals surface area contributed by atoms with Crippen LogP contribution in [-0.4, -0.2) is 53.9 Å². The quantitative estimate of drug-likeness (QED) is 0.523. The van der Waals surface area contributed by atoms with E-state index in [1.807, 2.05) is 30.5 Å². The van der Waals surface area contributed by atoms with Gasteiger partial charge >= 0.3 is 0 Å². The van der Waals surface area contributed by atoms with Gasteiger partial charge in [0.15, 0.2) is 11.5 Å². The molecule has 0 spiro atoms. The van der Waals surface area contributed by atoms with E-state index in [2.05, 4.69) is 46.8 Å². The van der Waals surface area contributed by atoms with Crippen LogP contribution in [0.2, 0.25) is 0 Å². The smallest absolute Gasteiger partial charge is 0.161 e. The van der Waals surface area contributed by atoms with Crippen LogP contribution in [0.4, 0.5) is 0 Å². The molecule has 2 heterocycles. The number of nitrogens with zero attached hydrogens (tertiary/aromatic N) is 1. The number of aliphatic hydroxyl groups excluding tert-OH is 1. The second kappa shape index (κ2) is 9.65. The van der Waals surface area contributed by atoms with Gasteiger partial charge in [0, 0.05) is 36.7 Å². The molecule has 2 aromatic carbocycles. The van der Waals surface area contributed by atoms with E-state index >= 15 is 0 Å². The summed E-state index contributed by atoms with van der Waals surface area (Å²) in [5.41, 5.74) is 3.84. The number of fused-ring (bicyclic) bond motifs is 1. The maximum absolute atomic E-state index is 10.5. The molecule has 4 rings (SSSR count). The lowest BCUT2D eigenvalue weighted by Gasteiger charge is -2.28. The van der Waals surface area contributed by atoms with Gasteiger partial charge in [0.2, 0.25) is 0 Å². The highest BCUT2D eigenvalue weighted by atomic mass is 16.5. The van der Waals surface area contributed by atoms with Crippen LogP contribution in [0.15, 0.2) is 73.5 Å². The van der Waals surface area contributed by atoms with E-state index in [0.29, 0.717) is 24.7 Å². The highest BCUT2D eigenvalue weighted by molar-refractivity contribution is 5.92. The summed E-state index contributed by atoms with van der Waals surface area (Å²) in [5.74, 6) is 1.30. The number of benzene rings is 2. The Morgan fingerprint density at radius 1 is 1.10 bits per heavy atom. The van der Waals surface area contributed by atoms with Gasteiger partial charge in [-0.15, -0.1) is 0 Å². The highest BCUT2D eigenvalue weighted by Gasteiger charge is 2.18. The fraction of sp³-hybridized carbons (Fsp3) is 0.280. The van der Waals surface area contributed by atoms with Crippen LogP contribution >= 0.6 is 0 Å². The van der Waals surface area contributed by atoms with Crippen molar-refractivity contribution in [2.75, 3.05) is 32.8 Å². The zero-order valence-electron chi connectivity index (χ0n) is 17.1. The van der Waals surface area contributed by atoms with E-state index in [9.17, 15) is 5.11 Å². The second-order valence-electron chi connectivity index (χ2n) is 7.49. The molecular weight excluding hydrogens is 376 g/mol. The zero-order valence-corrected chi connectivity index (χ0v) is 17.1. The van der Waals surface area contributed by atoms with E-state index in [4.69, 9.17) is 9.47 Å². The number of hydrogen-bond donors (Lipinski definition) is 2. The molecule has 1 atom stereocenters. The van der Waals surface area contributed by atoms with Crippen molar-refractivity contribution in [3.63, 3.8) is 0 Å². The highest BCUT2D eigenvalue weighted by Crippen LogP contribution is 2.29.